The van der Waals surface area contributed by atoms with Crippen LogP contribution in [0.2, 0.25) is 0 Å². The molecular weight excluding hydrogens is 302 g/mol. The number of sulfonamides is 1. The molecule has 0 spiro atoms. The smallest absolute Gasteiger partial charge is 0.327 e. The lowest BCUT2D eigenvalue weighted by atomic mass is 9.99. The van der Waals surface area contributed by atoms with E-state index in [0.29, 0.717) is 12.8 Å². The minimum Gasteiger partial charge on any atom is -0.468 e. The van der Waals surface area contributed by atoms with Gasteiger partial charge >= 0.3 is 5.97 Å². The molecule has 1 aromatic rings. The molecule has 5 nitrogen and oxygen atoms in total. The lowest BCUT2D eigenvalue weighted by molar-refractivity contribution is -0.151. The van der Waals surface area contributed by atoms with E-state index >= 15 is 0 Å². The van der Waals surface area contributed by atoms with E-state index < -0.39 is 27.1 Å². The first-order chi connectivity index (χ1) is 10.1. The van der Waals surface area contributed by atoms with Crippen LogP contribution in [-0.4, -0.2) is 36.9 Å². The molecule has 1 aromatic carbocycles. The van der Waals surface area contributed by atoms with Crippen molar-refractivity contribution in [2.75, 3.05) is 7.11 Å². The average Bonchev–Trinajstić information content (AvgIpc) is 2.70. The van der Waals surface area contributed by atoms with Crippen molar-refractivity contribution in [3.63, 3.8) is 0 Å². The second-order valence-electron chi connectivity index (χ2n) is 6.66. The first-order valence-electron chi connectivity index (χ1n) is 7.26. The minimum atomic E-state index is -3.79. The third-order valence-electron chi connectivity index (χ3n) is 4.41. The van der Waals surface area contributed by atoms with Crippen LogP contribution in [0.15, 0.2) is 29.2 Å². The fourth-order valence-corrected chi connectivity index (χ4v) is 5.36. The number of benzene rings is 1. The number of hydrogen-bond acceptors (Lipinski definition) is 4. The van der Waals surface area contributed by atoms with Gasteiger partial charge in [-0.15, -0.1) is 0 Å². The van der Waals surface area contributed by atoms with E-state index in [-0.39, 0.29) is 4.90 Å². The maximum absolute atomic E-state index is 13.1. The third kappa shape index (κ3) is 2.54. The summed E-state index contributed by atoms with van der Waals surface area (Å²) in [6.45, 7) is 7.22. The topological polar surface area (TPSA) is 63.7 Å². The zero-order valence-electron chi connectivity index (χ0n) is 13.7. The Balaban J connectivity index is 2.59. The van der Waals surface area contributed by atoms with Gasteiger partial charge in [0, 0.05) is 5.54 Å². The lowest BCUT2D eigenvalue weighted by Gasteiger charge is -2.39. The SMILES string of the molecule is COC(=O)C1(C)CCC(C)(C)N1S(=O)(=O)c1ccc(C)cc1. The van der Waals surface area contributed by atoms with Gasteiger partial charge in [0.05, 0.1) is 12.0 Å². The van der Waals surface area contributed by atoms with Crippen LogP contribution < -0.4 is 0 Å². The van der Waals surface area contributed by atoms with E-state index in [1.165, 1.54) is 11.4 Å². The number of hydrogen-bond donors (Lipinski definition) is 0. The molecule has 22 heavy (non-hydrogen) atoms. The summed E-state index contributed by atoms with van der Waals surface area (Å²) in [7, 11) is -2.51. The van der Waals surface area contributed by atoms with E-state index in [2.05, 4.69) is 0 Å². The Labute approximate surface area is 132 Å². The molecular formula is C16H23NO4S. The molecule has 0 aromatic heterocycles. The number of carbonyl (C=O) groups excluding carboxylic acids is 1. The molecule has 0 amide bonds. The van der Waals surface area contributed by atoms with Gasteiger partial charge in [-0.1, -0.05) is 17.7 Å². The molecule has 0 bridgehead atoms. The van der Waals surface area contributed by atoms with Gasteiger partial charge < -0.3 is 4.74 Å². The predicted molar refractivity (Wildman–Crippen MR) is 83.9 cm³/mol. The van der Waals surface area contributed by atoms with Gasteiger partial charge in [-0.25, -0.2) is 8.42 Å². The van der Waals surface area contributed by atoms with Crippen LogP contribution in [-0.2, 0) is 19.6 Å². The zero-order valence-corrected chi connectivity index (χ0v) is 14.5. The number of ether oxygens (including phenoxy) is 1. The van der Waals surface area contributed by atoms with E-state index in [1.54, 1.807) is 31.2 Å². The summed E-state index contributed by atoms with van der Waals surface area (Å²) >= 11 is 0. The predicted octanol–water partition coefficient (Wildman–Crippen LogP) is 2.49. The summed E-state index contributed by atoms with van der Waals surface area (Å²) in [6.07, 6.45) is 1.04. The van der Waals surface area contributed by atoms with Crippen LogP contribution in [0.1, 0.15) is 39.2 Å². The van der Waals surface area contributed by atoms with Crippen LogP contribution in [0.25, 0.3) is 0 Å². The Kier molecular flexibility index (Phi) is 4.13. The Bertz CT molecular complexity index is 679. The van der Waals surface area contributed by atoms with Crippen molar-refractivity contribution in [3.05, 3.63) is 29.8 Å². The Hall–Kier alpha value is -1.40. The molecule has 1 fully saturated rings. The van der Waals surface area contributed by atoms with Gasteiger partial charge in [0.15, 0.2) is 0 Å². The van der Waals surface area contributed by atoms with E-state index in [9.17, 15) is 13.2 Å². The highest BCUT2D eigenvalue weighted by Gasteiger charge is 2.58. The van der Waals surface area contributed by atoms with Crippen molar-refractivity contribution < 1.29 is 17.9 Å². The van der Waals surface area contributed by atoms with Crippen LogP contribution in [0.4, 0.5) is 0 Å². The molecule has 1 saturated heterocycles. The molecule has 1 atom stereocenters. The highest BCUT2D eigenvalue weighted by Crippen LogP contribution is 2.45. The first-order valence-corrected chi connectivity index (χ1v) is 8.70. The number of methoxy groups -OCH3 is 1. The minimum absolute atomic E-state index is 0.197. The Morgan fingerprint density at radius 1 is 1.14 bits per heavy atom. The van der Waals surface area contributed by atoms with Crippen LogP contribution >= 0.6 is 0 Å². The monoisotopic (exact) mass is 325 g/mol. The summed E-state index contributed by atoms with van der Waals surface area (Å²) < 4.78 is 32.4. The van der Waals surface area contributed by atoms with Crippen LogP contribution in [0.3, 0.4) is 0 Å². The fraction of sp³-hybridized carbons (Fsp3) is 0.562. The Morgan fingerprint density at radius 2 is 1.68 bits per heavy atom. The molecule has 2 rings (SSSR count). The molecule has 0 saturated carbocycles. The van der Waals surface area contributed by atoms with Crippen LogP contribution in [0.5, 0.6) is 0 Å². The quantitative estimate of drug-likeness (QED) is 0.801. The highest BCUT2D eigenvalue weighted by atomic mass is 32.2. The summed E-state index contributed by atoms with van der Waals surface area (Å²) in [5.41, 5.74) is -0.843. The molecule has 1 heterocycles. The maximum atomic E-state index is 13.1. The molecule has 0 N–H and O–H groups in total. The Morgan fingerprint density at radius 3 is 2.18 bits per heavy atom. The number of esters is 1. The van der Waals surface area contributed by atoms with Gasteiger partial charge in [-0.3, -0.25) is 4.79 Å². The number of carbonyl (C=O) groups is 1. The molecule has 0 aliphatic carbocycles. The maximum Gasteiger partial charge on any atom is 0.327 e. The van der Waals surface area contributed by atoms with Crippen LogP contribution in [0, 0.1) is 6.92 Å². The van der Waals surface area contributed by atoms with Crippen molar-refractivity contribution in [3.8, 4) is 0 Å². The van der Waals surface area contributed by atoms with Crippen molar-refractivity contribution in [2.24, 2.45) is 0 Å². The standard InChI is InChI=1S/C16H23NO4S/c1-12-6-8-13(9-7-12)22(19,20)17-15(2,3)10-11-16(17,4)14(18)21-5/h6-9H,10-11H2,1-5H3. The average molecular weight is 325 g/mol. The molecule has 0 radical (unpaired) electrons. The van der Waals surface area contributed by atoms with Crippen molar-refractivity contribution >= 4 is 16.0 Å². The van der Waals surface area contributed by atoms with Gasteiger partial charge in [0.25, 0.3) is 0 Å². The van der Waals surface area contributed by atoms with Gasteiger partial charge in [-0.2, -0.15) is 4.31 Å². The van der Waals surface area contributed by atoms with Gasteiger partial charge in [0.1, 0.15) is 5.54 Å². The third-order valence-corrected chi connectivity index (χ3v) is 6.65. The van der Waals surface area contributed by atoms with Crippen molar-refractivity contribution in [1.82, 2.24) is 4.31 Å². The van der Waals surface area contributed by atoms with Gasteiger partial charge in [0.2, 0.25) is 10.0 Å². The fourth-order valence-electron chi connectivity index (χ4n) is 3.23. The summed E-state index contributed by atoms with van der Waals surface area (Å²) in [5.74, 6) is -0.520. The molecule has 1 unspecified atom stereocenters. The highest BCUT2D eigenvalue weighted by molar-refractivity contribution is 7.89. The molecule has 122 valence electrons. The summed E-state index contributed by atoms with van der Waals surface area (Å²) in [4.78, 5) is 12.4. The molecule has 6 heteroatoms. The summed E-state index contributed by atoms with van der Waals surface area (Å²) in [6, 6.07) is 6.67. The summed E-state index contributed by atoms with van der Waals surface area (Å²) in [5, 5.41) is 0. The second kappa shape index (κ2) is 5.35. The second-order valence-corrected chi connectivity index (χ2v) is 8.45. The zero-order chi connectivity index (χ0) is 16.8. The van der Waals surface area contributed by atoms with Crippen molar-refractivity contribution in [2.45, 2.75) is 56.5 Å². The van der Waals surface area contributed by atoms with E-state index in [0.717, 1.165) is 5.56 Å². The van der Waals surface area contributed by atoms with Gasteiger partial charge in [-0.05, 0) is 52.7 Å². The number of aryl methyl sites for hydroxylation is 1. The first kappa shape index (κ1) is 17.0. The van der Waals surface area contributed by atoms with E-state index in [1.807, 2.05) is 20.8 Å². The molecule has 1 aliphatic rings. The van der Waals surface area contributed by atoms with E-state index in [4.69, 9.17) is 4.74 Å². The number of rotatable bonds is 3. The normalized spacial score (nSPS) is 25.1. The van der Waals surface area contributed by atoms with Crippen molar-refractivity contribution in [1.29, 1.82) is 0 Å². The molecule has 1 aliphatic heterocycles. The lowest BCUT2D eigenvalue weighted by Crippen LogP contribution is -2.57. The largest absolute Gasteiger partial charge is 0.468 e. The number of nitrogens with zero attached hydrogens (tertiary/aromatic N) is 1.